The van der Waals surface area contributed by atoms with Gasteiger partial charge in [-0.05, 0) is 28.6 Å². The number of carboxylic acid groups (broad SMARTS) is 1. The third kappa shape index (κ3) is 3.99. The molecule has 9 heteroatoms. The Bertz CT molecular complexity index is 1200. The lowest BCUT2D eigenvalue weighted by Crippen LogP contribution is -2.06. The van der Waals surface area contributed by atoms with Gasteiger partial charge in [0.15, 0.2) is 0 Å². The molecule has 0 spiro atoms. The fourth-order valence-electron chi connectivity index (χ4n) is 3.13. The minimum atomic E-state index is -0.936. The molecule has 0 unspecified atom stereocenters. The van der Waals surface area contributed by atoms with Crippen molar-refractivity contribution in [1.82, 2.24) is 4.98 Å². The molecule has 0 atom stereocenters. The normalized spacial score (nSPS) is 13.2. The Morgan fingerprint density at radius 3 is 2.79 bits per heavy atom. The van der Waals surface area contributed by atoms with Gasteiger partial charge in [-0.25, -0.2) is 0 Å². The van der Waals surface area contributed by atoms with Crippen molar-refractivity contribution in [3.8, 4) is 11.1 Å². The molecule has 1 N–H and O–H groups in total. The predicted molar refractivity (Wildman–Crippen MR) is 113 cm³/mol. The molecule has 8 nitrogen and oxygen atoms in total. The molecule has 3 aromatic rings. The number of hydrogen-bond acceptors (Lipinski definition) is 7. The second kappa shape index (κ2) is 7.80. The van der Waals surface area contributed by atoms with Crippen LogP contribution < -0.4 is 0 Å². The number of nitro groups is 1. The van der Waals surface area contributed by atoms with Gasteiger partial charge >= 0.3 is 5.97 Å². The van der Waals surface area contributed by atoms with Crippen LogP contribution in [-0.2, 0) is 4.79 Å². The summed E-state index contributed by atoms with van der Waals surface area (Å²) in [5, 5.41) is 30.9. The zero-order valence-corrected chi connectivity index (χ0v) is 15.8. The number of pyridine rings is 1. The van der Waals surface area contributed by atoms with Gasteiger partial charge in [0, 0.05) is 41.9 Å². The maximum atomic E-state index is 11.5. The molecule has 1 aromatic heterocycles. The van der Waals surface area contributed by atoms with E-state index in [1.54, 1.807) is 12.4 Å². The lowest BCUT2D eigenvalue weighted by atomic mass is 9.95. The highest BCUT2D eigenvalue weighted by molar-refractivity contribution is 8.14. The number of benzene rings is 2. The number of hydrogen-bond donors (Lipinski definition) is 1. The summed E-state index contributed by atoms with van der Waals surface area (Å²) in [4.78, 5) is 25.9. The first-order valence-corrected chi connectivity index (χ1v) is 9.61. The summed E-state index contributed by atoms with van der Waals surface area (Å²) in [6, 6.07) is 12.5. The van der Waals surface area contributed by atoms with Crippen LogP contribution in [0.4, 0.5) is 5.69 Å². The smallest absolute Gasteiger partial charge is 0.313 e. The number of aromatic nitrogens is 1. The fraction of sp³-hybridized carbons (Fsp3) is 0.100. The zero-order valence-electron chi connectivity index (χ0n) is 15.0. The zero-order chi connectivity index (χ0) is 20.4. The summed E-state index contributed by atoms with van der Waals surface area (Å²) in [5.41, 5.74) is 2.67. The van der Waals surface area contributed by atoms with Crippen molar-refractivity contribution in [2.45, 2.75) is 6.42 Å². The van der Waals surface area contributed by atoms with Crippen LogP contribution in [0, 0.1) is 10.1 Å². The molecule has 0 fully saturated rings. The predicted octanol–water partition coefficient (Wildman–Crippen LogP) is 4.13. The Hall–Kier alpha value is -3.59. The minimum Gasteiger partial charge on any atom is -0.481 e. The van der Waals surface area contributed by atoms with Gasteiger partial charge in [0.25, 0.3) is 5.69 Å². The van der Waals surface area contributed by atoms with Gasteiger partial charge in [-0.2, -0.15) is 5.10 Å². The van der Waals surface area contributed by atoms with E-state index in [1.165, 1.54) is 12.1 Å². The molecule has 0 aliphatic carbocycles. The molecule has 2 aromatic carbocycles. The largest absolute Gasteiger partial charge is 0.481 e. The van der Waals surface area contributed by atoms with Gasteiger partial charge in [0.1, 0.15) is 5.04 Å². The number of carbonyl (C=O) groups is 1. The van der Waals surface area contributed by atoms with E-state index in [0.717, 1.165) is 28.1 Å². The average Bonchev–Trinajstić information content (AvgIpc) is 3.20. The maximum Gasteiger partial charge on any atom is 0.313 e. The summed E-state index contributed by atoms with van der Waals surface area (Å²) >= 11 is 1.10. The van der Waals surface area contributed by atoms with E-state index in [-0.39, 0.29) is 11.4 Å². The Labute approximate surface area is 169 Å². The van der Waals surface area contributed by atoms with Crippen molar-refractivity contribution < 1.29 is 14.8 Å². The van der Waals surface area contributed by atoms with Crippen LogP contribution in [0.25, 0.3) is 21.9 Å². The van der Waals surface area contributed by atoms with Crippen molar-refractivity contribution in [3.63, 3.8) is 0 Å². The van der Waals surface area contributed by atoms with Crippen LogP contribution in [0.2, 0.25) is 0 Å². The van der Waals surface area contributed by atoms with Crippen LogP contribution in [0.15, 0.2) is 65.1 Å². The Morgan fingerprint density at radius 1 is 1.17 bits per heavy atom. The monoisotopic (exact) mass is 406 g/mol. The number of fused-ring (bicyclic) bond motifs is 1. The van der Waals surface area contributed by atoms with Gasteiger partial charge in [0.2, 0.25) is 0 Å². The topological polar surface area (TPSA) is 118 Å². The average molecular weight is 406 g/mol. The van der Waals surface area contributed by atoms with Crippen LogP contribution in [0.5, 0.6) is 0 Å². The number of carboxylic acids is 1. The standard InChI is InChI=1S/C20H14N4O4S/c25-20(26)11-29-19-9-18(22-23-19)14-6-13(7-15(8-14)24(27)28)16-3-1-2-12-10-21-5-4-17(12)16/h1-8,10H,9,11H2,(H,25,26). The van der Waals surface area contributed by atoms with Crippen LogP contribution >= 0.6 is 11.8 Å². The molecule has 0 radical (unpaired) electrons. The van der Waals surface area contributed by atoms with Crippen LogP contribution in [0.1, 0.15) is 12.0 Å². The fourth-order valence-corrected chi connectivity index (χ4v) is 3.76. The Kier molecular flexibility index (Phi) is 5.05. The van der Waals surface area contributed by atoms with E-state index in [1.807, 2.05) is 30.3 Å². The number of nitrogens with zero attached hydrogens (tertiary/aromatic N) is 4. The first-order chi connectivity index (χ1) is 14.0. The molecular formula is C20H14N4O4S. The van der Waals surface area contributed by atoms with Crippen LogP contribution in [0.3, 0.4) is 0 Å². The van der Waals surface area contributed by atoms with Crippen molar-refractivity contribution in [3.05, 3.63) is 70.5 Å². The van der Waals surface area contributed by atoms with Crippen molar-refractivity contribution >= 4 is 44.9 Å². The van der Waals surface area contributed by atoms with E-state index in [9.17, 15) is 14.9 Å². The molecule has 1 aliphatic heterocycles. The molecule has 0 saturated carbocycles. The Morgan fingerprint density at radius 2 is 2.00 bits per heavy atom. The molecular weight excluding hydrogens is 392 g/mol. The molecule has 4 rings (SSSR count). The van der Waals surface area contributed by atoms with Gasteiger partial charge in [-0.15, -0.1) is 5.10 Å². The second-order valence-electron chi connectivity index (χ2n) is 6.33. The van der Waals surface area contributed by atoms with Gasteiger partial charge in [-0.3, -0.25) is 19.9 Å². The number of non-ortho nitro benzene ring substituents is 1. The molecule has 2 heterocycles. The first-order valence-electron chi connectivity index (χ1n) is 8.62. The van der Waals surface area contributed by atoms with Gasteiger partial charge < -0.3 is 5.11 Å². The number of aliphatic carboxylic acids is 1. The lowest BCUT2D eigenvalue weighted by Gasteiger charge is -2.09. The van der Waals surface area contributed by atoms with E-state index in [4.69, 9.17) is 5.11 Å². The van der Waals surface area contributed by atoms with E-state index in [0.29, 0.717) is 28.3 Å². The maximum absolute atomic E-state index is 11.5. The van der Waals surface area contributed by atoms with E-state index in [2.05, 4.69) is 15.2 Å². The summed E-state index contributed by atoms with van der Waals surface area (Å²) in [6.45, 7) is 0. The quantitative estimate of drug-likeness (QED) is 0.503. The van der Waals surface area contributed by atoms with Crippen LogP contribution in [-0.4, -0.2) is 37.5 Å². The highest BCUT2D eigenvalue weighted by atomic mass is 32.2. The second-order valence-corrected chi connectivity index (χ2v) is 7.38. The number of nitro benzene ring substituents is 1. The van der Waals surface area contributed by atoms with Crippen molar-refractivity contribution in [2.75, 3.05) is 5.75 Å². The lowest BCUT2D eigenvalue weighted by molar-refractivity contribution is -0.384. The highest BCUT2D eigenvalue weighted by Gasteiger charge is 2.20. The molecule has 0 amide bonds. The minimum absolute atomic E-state index is 0.0436. The summed E-state index contributed by atoms with van der Waals surface area (Å²) < 4.78 is 0. The van der Waals surface area contributed by atoms with E-state index < -0.39 is 10.9 Å². The molecule has 144 valence electrons. The molecule has 0 saturated heterocycles. The molecule has 0 bridgehead atoms. The first kappa shape index (κ1) is 18.8. The molecule has 29 heavy (non-hydrogen) atoms. The summed E-state index contributed by atoms with van der Waals surface area (Å²) in [6.07, 6.45) is 3.78. The number of thioether (sulfide) groups is 1. The van der Waals surface area contributed by atoms with Crippen molar-refractivity contribution in [2.24, 2.45) is 10.2 Å². The third-order valence-corrected chi connectivity index (χ3v) is 5.37. The molecule has 1 aliphatic rings. The third-order valence-electron chi connectivity index (χ3n) is 4.42. The Balaban J connectivity index is 1.73. The summed E-state index contributed by atoms with van der Waals surface area (Å²) in [7, 11) is 0. The number of rotatable bonds is 5. The van der Waals surface area contributed by atoms with Gasteiger partial charge in [-0.1, -0.05) is 30.0 Å². The van der Waals surface area contributed by atoms with Gasteiger partial charge in [0.05, 0.1) is 16.4 Å². The van der Waals surface area contributed by atoms with Crippen molar-refractivity contribution in [1.29, 1.82) is 0 Å². The summed E-state index contributed by atoms with van der Waals surface area (Å²) in [5.74, 6) is -1.04. The van der Waals surface area contributed by atoms with E-state index >= 15 is 0 Å². The highest BCUT2D eigenvalue weighted by Crippen LogP contribution is 2.32. The SMILES string of the molecule is O=C(O)CSC1=NN=C(c2cc(-c3cccc4cnccc34)cc([N+](=O)[O-])c2)C1.